The van der Waals surface area contributed by atoms with E-state index in [0.29, 0.717) is 32.4 Å². The number of fused-ring (bicyclic) bond motifs is 1. The average molecular weight is 437 g/mol. The summed E-state index contributed by atoms with van der Waals surface area (Å²) in [6, 6.07) is 17.9. The highest BCUT2D eigenvalue weighted by Gasteiger charge is 2.14. The van der Waals surface area contributed by atoms with Gasteiger partial charge in [-0.15, -0.1) is 0 Å². The number of carbonyl (C=O) groups is 1. The van der Waals surface area contributed by atoms with Gasteiger partial charge in [-0.2, -0.15) is 0 Å². The number of morpholine rings is 1. The van der Waals surface area contributed by atoms with Gasteiger partial charge in [-0.1, -0.05) is 30.3 Å². The first-order valence-corrected chi connectivity index (χ1v) is 11.5. The average Bonchev–Trinajstić information content (AvgIpc) is 3.19. The van der Waals surface area contributed by atoms with E-state index in [1.807, 2.05) is 36.4 Å². The van der Waals surface area contributed by atoms with Crippen LogP contribution >= 0.6 is 0 Å². The van der Waals surface area contributed by atoms with Gasteiger partial charge in [0.25, 0.3) is 0 Å². The minimum Gasteiger partial charge on any atom is -0.494 e. The van der Waals surface area contributed by atoms with Crippen molar-refractivity contribution in [1.29, 1.82) is 0 Å². The lowest BCUT2D eigenvalue weighted by Crippen LogP contribution is -2.38. The summed E-state index contributed by atoms with van der Waals surface area (Å²) in [4.78, 5) is 19.5. The Morgan fingerprint density at radius 1 is 1.03 bits per heavy atom. The summed E-state index contributed by atoms with van der Waals surface area (Å²) >= 11 is 0. The maximum absolute atomic E-state index is 12.2. The Labute approximate surface area is 189 Å². The first kappa shape index (κ1) is 22.3. The van der Waals surface area contributed by atoms with Gasteiger partial charge in [-0.3, -0.25) is 9.69 Å². The fourth-order valence-electron chi connectivity index (χ4n) is 3.97. The van der Waals surface area contributed by atoms with Crippen LogP contribution < -0.4 is 10.1 Å². The number of ether oxygens (including phenoxy) is 2. The Hall–Kier alpha value is -2.90. The van der Waals surface area contributed by atoms with Crippen LogP contribution in [0.5, 0.6) is 5.75 Å². The summed E-state index contributed by atoms with van der Waals surface area (Å²) in [5.41, 5.74) is 2.16. The molecule has 7 nitrogen and oxygen atoms in total. The molecule has 1 N–H and O–H groups in total. The molecule has 0 aliphatic carbocycles. The predicted molar refractivity (Wildman–Crippen MR) is 125 cm³/mol. The Balaban J connectivity index is 1.24. The lowest BCUT2D eigenvalue weighted by atomic mass is 10.3. The zero-order valence-electron chi connectivity index (χ0n) is 18.5. The first-order valence-electron chi connectivity index (χ1n) is 11.5. The van der Waals surface area contributed by atoms with Crippen molar-refractivity contribution in [2.24, 2.45) is 0 Å². The second-order valence-electron chi connectivity index (χ2n) is 7.99. The number of amides is 1. The number of carbonyl (C=O) groups excluding carboxylic acids is 1. The molecule has 1 aliphatic heterocycles. The van der Waals surface area contributed by atoms with Crippen molar-refractivity contribution in [2.75, 3.05) is 46.0 Å². The van der Waals surface area contributed by atoms with E-state index in [1.165, 1.54) is 0 Å². The van der Waals surface area contributed by atoms with Crippen molar-refractivity contribution in [2.45, 2.75) is 25.8 Å². The molecule has 1 fully saturated rings. The Kier molecular flexibility index (Phi) is 8.11. The minimum atomic E-state index is 0.0534. The van der Waals surface area contributed by atoms with Crippen LogP contribution in [-0.2, 0) is 22.5 Å². The van der Waals surface area contributed by atoms with Crippen molar-refractivity contribution in [3.63, 3.8) is 0 Å². The molecule has 2 aromatic carbocycles. The van der Waals surface area contributed by atoms with E-state index in [9.17, 15) is 4.79 Å². The van der Waals surface area contributed by atoms with Gasteiger partial charge in [0, 0.05) is 45.6 Å². The van der Waals surface area contributed by atoms with E-state index in [-0.39, 0.29) is 5.91 Å². The van der Waals surface area contributed by atoms with E-state index in [0.717, 1.165) is 62.0 Å². The maximum atomic E-state index is 12.2. The third-order valence-electron chi connectivity index (χ3n) is 5.71. The van der Waals surface area contributed by atoms with Gasteiger partial charge in [0.1, 0.15) is 11.6 Å². The van der Waals surface area contributed by atoms with Gasteiger partial charge in [-0.05, 0) is 30.7 Å². The lowest BCUT2D eigenvalue weighted by molar-refractivity contribution is -0.121. The first-order chi connectivity index (χ1) is 15.8. The van der Waals surface area contributed by atoms with Gasteiger partial charge < -0.3 is 19.4 Å². The van der Waals surface area contributed by atoms with E-state index in [1.54, 1.807) is 0 Å². The molecule has 0 unspecified atom stereocenters. The maximum Gasteiger partial charge on any atom is 0.220 e. The lowest BCUT2D eigenvalue weighted by Gasteiger charge is -2.27. The second kappa shape index (κ2) is 11.6. The van der Waals surface area contributed by atoms with Crippen molar-refractivity contribution in [3.8, 4) is 5.75 Å². The number of aromatic nitrogens is 2. The smallest absolute Gasteiger partial charge is 0.220 e. The normalized spacial score (nSPS) is 14.5. The van der Waals surface area contributed by atoms with E-state index >= 15 is 0 Å². The van der Waals surface area contributed by atoms with Crippen molar-refractivity contribution in [3.05, 3.63) is 60.4 Å². The Morgan fingerprint density at radius 2 is 1.81 bits per heavy atom. The number of para-hydroxylation sites is 3. The number of nitrogens with zero attached hydrogens (tertiary/aromatic N) is 3. The number of benzene rings is 2. The molecule has 1 aliphatic rings. The molecule has 3 aromatic rings. The van der Waals surface area contributed by atoms with Gasteiger partial charge >= 0.3 is 0 Å². The van der Waals surface area contributed by atoms with Crippen LogP contribution in [0.3, 0.4) is 0 Å². The van der Waals surface area contributed by atoms with Crippen LogP contribution in [0.4, 0.5) is 0 Å². The number of nitrogens with one attached hydrogen (secondary N) is 1. The largest absolute Gasteiger partial charge is 0.494 e. The molecule has 4 rings (SSSR count). The molecule has 1 aromatic heterocycles. The molecule has 2 heterocycles. The summed E-state index contributed by atoms with van der Waals surface area (Å²) < 4.78 is 13.4. The highest BCUT2D eigenvalue weighted by Crippen LogP contribution is 2.17. The molecule has 0 radical (unpaired) electrons. The highest BCUT2D eigenvalue weighted by atomic mass is 16.5. The van der Waals surface area contributed by atoms with Crippen LogP contribution in [-0.4, -0.2) is 66.4 Å². The second-order valence-corrected chi connectivity index (χ2v) is 7.99. The molecule has 0 atom stereocenters. The Bertz CT molecular complexity index is 983. The minimum absolute atomic E-state index is 0.0534. The molecule has 0 bridgehead atoms. The zero-order valence-corrected chi connectivity index (χ0v) is 18.5. The predicted octanol–water partition coefficient (Wildman–Crippen LogP) is 2.89. The van der Waals surface area contributed by atoms with E-state index in [4.69, 9.17) is 14.5 Å². The standard InChI is InChI=1S/C25H32N4O3/c30-25(11-6-18-32-21-7-2-1-3-8-21)26-13-12-24-27-22-9-4-5-10-23(22)29(24)15-14-28-16-19-31-20-17-28/h1-5,7-10H,6,11-20H2,(H,26,30). The molecule has 170 valence electrons. The summed E-state index contributed by atoms with van der Waals surface area (Å²) in [5, 5.41) is 3.03. The van der Waals surface area contributed by atoms with Crippen molar-refractivity contribution < 1.29 is 14.3 Å². The molecule has 32 heavy (non-hydrogen) atoms. The SMILES string of the molecule is O=C(CCCOc1ccccc1)NCCc1nc2ccccc2n1CCN1CCOCC1. The van der Waals surface area contributed by atoms with Crippen LogP contribution in [0, 0.1) is 0 Å². The molecule has 1 amide bonds. The molecule has 7 heteroatoms. The van der Waals surface area contributed by atoms with E-state index < -0.39 is 0 Å². The fraction of sp³-hybridized carbons (Fsp3) is 0.440. The molecule has 0 spiro atoms. The van der Waals surface area contributed by atoms with Gasteiger partial charge in [0.05, 0.1) is 30.9 Å². The third kappa shape index (κ3) is 6.31. The number of hydrogen-bond donors (Lipinski definition) is 1. The third-order valence-corrected chi connectivity index (χ3v) is 5.71. The molecular formula is C25H32N4O3. The zero-order chi connectivity index (χ0) is 22.0. The summed E-state index contributed by atoms with van der Waals surface area (Å²) in [5.74, 6) is 1.91. The molecule has 0 saturated carbocycles. The monoisotopic (exact) mass is 436 g/mol. The summed E-state index contributed by atoms with van der Waals surface area (Å²) in [6.45, 7) is 6.55. The van der Waals surface area contributed by atoms with Crippen LogP contribution in [0.25, 0.3) is 11.0 Å². The van der Waals surface area contributed by atoms with Crippen molar-refractivity contribution >= 4 is 16.9 Å². The quantitative estimate of drug-likeness (QED) is 0.468. The Morgan fingerprint density at radius 3 is 2.66 bits per heavy atom. The summed E-state index contributed by atoms with van der Waals surface area (Å²) in [6.07, 6.45) is 1.86. The van der Waals surface area contributed by atoms with Crippen molar-refractivity contribution in [1.82, 2.24) is 19.8 Å². The van der Waals surface area contributed by atoms with Crippen LogP contribution in [0.1, 0.15) is 18.7 Å². The van der Waals surface area contributed by atoms with Gasteiger partial charge in [-0.25, -0.2) is 4.98 Å². The fourth-order valence-corrected chi connectivity index (χ4v) is 3.97. The van der Waals surface area contributed by atoms with Gasteiger partial charge in [0.2, 0.25) is 5.91 Å². The van der Waals surface area contributed by atoms with Gasteiger partial charge in [0.15, 0.2) is 0 Å². The molecular weight excluding hydrogens is 404 g/mol. The number of imidazole rings is 1. The highest BCUT2D eigenvalue weighted by molar-refractivity contribution is 5.76. The van der Waals surface area contributed by atoms with Crippen LogP contribution in [0.15, 0.2) is 54.6 Å². The topological polar surface area (TPSA) is 68.6 Å². The number of hydrogen-bond acceptors (Lipinski definition) is 5. The summed E-state index contributed by atoms with van der Waals surface area (Å²) in [7, 11) is 0. The van der Waals surface area contributed by atoms with Crippen LogP contribution in [0.2, 0.25) is 0 Å². The molecule has 1 saturated heterocycles. The van der Waals surface area contributed by atoms with E-state index in [2.05, 4.69) is 33.0 Å². The number of rotatable bonds is 11.